The number of nitrogens with one attached hydrogen (secondary N) is 1. The van der Waals surface area contributed by atoms with Gasteiger partial charge in [0, 0.05) is 18.7 Å². The molecule has 0 saturated heterocycles. The predicted octanol–water partition coefficient (Wildman–Crippen LogP) is 1.71. The van der Waals surface area contributed by atoms with E-state index in [1.54, 1.807) is 13.8 Å². The first-order valence-electron chi connectivity index (χ1n) is 5.32. The average molecular weight is 243 g/mol. The van der Waals surface area contributed by atoms with E-state index in [1.165, 1.54) is 0 Å². The lowest BCUT2D eigenvalue weighted by Crippen LogP contribution is -2.38. The van der Waals surface area contributed by atoms with Crippen LogP contribution in [0, 0.1) is 17.6 Å². The molecule has 0 heterocycles. The van der Waals surface area contributed by atoms with Crippen molar-refractivity contribution in [3.63, 3.8) is 0 Å². The Labute approximate surface area is 98.5 Å². The molecule has 0 bridgehead atoms. The molecule has 0 aliphatic carbocycles. The van der Waals surface area contributed by atoms with Crippen LogP contribution in [0.3, 0.4) is 0 Å². The minimum atomic E-state index is -0.897. The number of halogens is 2. The van der Waals surface area contributed by atoms with E-state index in [1.807, 2.05) is 0 Å². The number of aliphatic hydroxyl groups excluding tert-OH is 1. The van der Waals surface area contributed by atoms with E-state index >= 15 is 0 Å². The molecule has 3 nitrogen and oxygen atoms in total. The van der Waals surface area contributed by atoms with Gasteiger partial charge in [-0.25, -0.2) is 8.78 Å². The van der Waals surface area contributed by atoms with Crippen LogP contribution in [-0.4, -0.2) is 23.7 Å². The molecule has 0 saturated carbocycles. The van der Waals surface area contributed by atoms with Crippen molar-refractivity contribution in [3.05, 3.63) is 35.4 Å². The second-order valence-electron chi connectivity index (χ2n) is 4.05. The van der Waals surface area contributed by atoms with E-state index in [-0.39, 0.29) is 24.1 Å². The van der Waals surface area contributed by atoms with Crippen LogP contribution in [-0.2, 0) is 0 Å². The molecule has 0 spiro atoms. The van der Waals surface area contributed by atoms with Gasteiger partial charge in [-0.2, -0.15) is 0 Å². The third kappa shape index (κ3) is 3.49. The maximum absolute atomic E-state index is 13.3. The van der Waals surface area contributed by atoms with Gasteiger partial charge >= 0.3 is 0 Å². The minimum absolute atomic E-state index is 0.0760. The van der Waals surface area contributed by atoms with Crippen LogP contribution in [0.1, 0.15) is 24.2 Å². The Morgan fingerprint density at radius 2 is 2.06 bits per heavy atom. The summed E-state index contributed by atoms with van der Waals surface area (Å²) in [5.41, 5.74) is -0.205. The second-order valence-corrected chi connectivity index (χ2v) is 4.05. The zero-order valence-electron chi connectivity index (χ0n) is 9.71. The summed E-state index contributed by atoms with van der Waals surface area (Å²) in [6.07, 6.45) is 0. The first-order valence-corrected chi connectivity index (χ1v) is 5.32. The number of rotatable bonds is 4. The smallest absolute Gasteiger partial charge is 0.254 e. The number of carbonyl (C=O) groups is 1. The van der Waals surface area contributed by atoms with Crippen molar-refractivity contribution in [1.29, 1.82) is 0 Å². The van der Waals surface area contributed by atoms with Gasteiger partial charge in [-0.3, -0.25) is 4.79 Å². The summed E-state index contributed by atoms with van der Waals surface area (Å²) < 4.78 is 25.9. The maximum Gasteiger partial charge on any atom is 0.254 e. The normalized spacial score (nSPS) is 14.2. The highest BCUT2D eigenvalue weighted by Gasteiger charge is 2.17. The number of aliphatic hydroxyl groups is 1. The van der Waals surface area contributed by atoms with Gasteiger partial charge in [-0.15, -0.1) is 0 Å². The highest BCUT2D eigenvalue weighted by Crippen LogP contribution is 2.10. The first kappa shape index (κ1) is 13.6. The largest absolute Gasteiger partial charge is 0.396 e. The Morgan fingerprint density at radius 1 is 1.41 bits per heavy atom. The Kier molecular flexibility index (Phi) is 4.57. The zero-order chi connectivity index (χ0) is 13.0. The van der Waals surface area contributed by atoms with Crippen LogP contribution < -0.4 is 5.32 Å². The number of benzene rings is 1. The molecule has 2 unspecified atom stereocenters. The molecular formula is C12H15F2NO2. The Morgan fingerprint density at radius 3 is 2.59 bits per heavy atom. The Hall–Kier alpha value is -1.49. The highest BCUT2D eigenvalue weighted by molar-refractivity contribution is 5.94. The number of amides is 1. The fourth-order valence-corrected chi connectivity index (χ4v) is 1.26. The van der Waals surface area contributed by atoms with E-state index in [0.29, 0.717) is 6.07 Å². The third-order valence-electron chi connectivity index (χ3n) is 2.68. The molecule has 0 aliphatic heterocycles. The first-order chi connectivity index (χ1) is 7.95. The van der Waals surface area contributed by atoms with E-state index in [4.69, 9.17) is 5.11 Å². The van der Waals surface area contributed by atoms with Crippen molar-refractivity contribution in [3.8, 4) is 0 Å². The third-order valence-corrected chi connectivity index (χ3v) is 2.68. The molecule has 0 aromatic heterocycles. The van der Waals surface area contributed by atoms with Crippen molar-refractivity contribution in [2.24, 2.45) is 5.92 Å². The molecule has 94 valence electrons. The van der Waals surface area contributed by atoms with Gasteiger partial charge < -0.3 is 10.4 Å². The molecule has 5 heteroatoms. The van der Waals surface area contributed by atoms with Gasteiger partial charge in [-0.1, -0.05) is 6.92 Å². The monoisotopic (exact) mass is 243 g/mol. The maximum atomic E-state index is 13.3. The average Bonchev–Trinajstić information content (AvgIpc) is 2.27. The summed E-state index contributed by atoms with van der Waals surface area (Å²) in [5.74, 6) is -2.38. The zero-order valence-corrected chi connectivity index (χ0v) is 9.71. The minimum Gasteiger partial charge on any atom is -0.396 e. The molecule has 2 atom stereocenters. The number of hydrogen-bond donors (Lipinski definition) is 2. The fraction of sp³-hybridized carbons (Fsp3) is 0.417. The summed E-state index contributed by atoms with van der Waals surface area (Å²) in [6, 6.07) is 2.49. The SMILES string of the molecule is CC(CO)C(C)NC(=O)c1ccc(F)cc1F. The lowest BCUT2D eigenvalue weighted by Gasteiger charge is -2.19. The lowest BCUT2D eigenvalue weighted by atomic mass is 10.0. The molecule has 0 radical (unpaired) electrons. The number of hydrogen-bond acceptors (Lipinski definition) is 2. The molecular weight excluding hydrogens is 228 g/mol. The van der Waals surface area contributed by atoms with Crippen molar-refractivity contribution in [2.75, 3.05) is 6.61 Å². The molecule has 1 aromatic rings. The summed E-state index contributed by atoms with van der Waals surface area (Å²) in [7, 11) is 0. The molecule has 1 aromatic carbocycles. The summed E-state index contributed by atoms with van der Waals surface area (Å²) in [5, 5.41) is 11.5. The fourth-order valence-electron chi connectivity index (χ4n) is 1.26. The van der Waals surface area contributed by atoms with E-state index in [0.717, 1.165) is 12.1 Å². The molecule has 1 rings (SSSR count). The van der Waals surface area contributed by atoms with Crippen molar-refractivity contribution in [2.45, 2.75) is 19.9 Å². The van der Waals surface area contributed by atoms with Crippen LogP contribution in [0.25, 0.3) is 0 Å². The van der Waals surface area contributed by atoms with Gasteiger partial charge in [0.25, 0.3) is 5.91 Å². The van der Waals surface area contributed by atoms with Crippen molar-refractivity contribution in [1.82, 2.24) is 5.32 Å². The van der Waals surface area contributed by atoms with Crippen molar-refractivity contribution < 1.29 is 18.7 Å². The molecule has 0 fully saturated rings. The van der Waals surface area contributed by atoms with Crippen LogP contribution in [0.15, 0.2) is 18.2 Å². The second kappa shape index (κ2) is 5.72. The summed E-state index contributed by atoms with van der Waals surface area (Å²) >= 11 is 0. The highest BCUT2D eigenvalue weighted by atomic mass is 19.1. The van der Waals surface area contributed by atoms with E-state index in [2.05, 4.69) is 5.32 Å². The lowest BCUT2D eigenvalue weighted by molar-refractivity contribution is 0.0912. The van der Waals surface area contributed by atoms with Gasteiger partial charge in [0.2, 0.25) is 0 Å². The molecule has 0 aliphatic rings. The van der Waals surface area contributed by atoms with Gasteiger partial charge in [0.05, 0.1) is 5.56 Å². The van der Waals surface area contributed by atoms with E-state index < -0.39 is 17.5 Å². The summed E-state index contributed by atoms with van der Waals surface area (Å²) in [4.78, 5) is 11.7. The van der Waals surface area contributed by atoms with Crippen LogP contribution in [0.4, 0.5) is 8.78 Å². The molecule has 1 amide bonds. The molecule has 17 heavy (non-hydrogen) atoms. The molecule has 2 N–H and O–H groups in total. The number of carbonyl (C=O) groups excluding carboxylic acids is 1. The topological polar surface area (TPSA) is 49.3 Å². The predicted molar refractivity (Wildman–Crippen MR) is 59.5 cm³/mol. The summed E-state index contributed by atoms with van der Waals surface area (Å²) in [6.45, 7) is 3.39. The van der Waals surface area contributed by atoms with Gasteiger partial charge in [0.15, 0.2) is 0 Å². The van der Waals surface area contributed by atoms with Gasteiger partial charge in [0.1, 0.15) is 11.6 Å². The van der Waals surface area contributed by atoms with Crippen LogP contribution in [0.2, 0.25) is 0 Å². The van der Waals surface area contributed by atoms with Gasteiger partial charge in [-0.05, 0) is 25.0 Å². The Balaban J connectivity index is 2.76. The van der Waals surface area contributed by atoms with Crippen molar-refractivity contribution >= 4 is 5.91 Å². The Bertz CT molecular complexity index is 409. The van der Waals surface area contributed by atoms with E-state index in [9.17, 15) is 13.6 Å². The quantitative estimate of drug-likeness (QED) is 0.845. The van der Waals surface area contributed by atoms with Crippen LogP contribution >= 0.6 is 0 Å². The standard InChI is InChI=1S/C12H15F2NO2/c1-7(6-16)8(2)15-12(17)10-4-3-9(13)5-11(10)14/h3-5,7-8,16H,6H2,1-2H3,(H,15,17). The van der Waals surface area contributed by atoms with Crippen LogP contribution in [0.5, 0.6) is 0 Å².